The van der Waals surface area contributed by atoms with Crippen LogP contribution < -0.4 is 4.74 Å². The Morgan fingerprint density at radius 2 is 1.71 bits per heavy atom. The summed E-state index contributed by atoms with van der Waals surface area (Å²) in [6, 6.07) is 14.5. The molecular weight excluding hydrogens is 425 g/mol. The Bertz CT molecular complexity index is 895. The summed E-state index contributed by atoms with van der Waals surface area (Å²) in [7, 11) is 1.68. The second kappa shape index (κ2) is 11.2. The molecule has 0 spiro atoms. The summed E-state index contributed by atoms with van der Waals surface area (Å²) in [5.41, 5.74) is 0.936. The van der Waals surface area contributed by atoms with Gasteiger partial charge < -0.3 is 4.74 Å². The Balaban J connectivity index is 1.46. The summed E-state index contributed by atoms with van der Waals surface area (Å²) in [4.78, 5) is 5.96. The van der Waals surface area contributed by atoms with Gasteiger partial charge in [0.15, 0.2) is 0 Å². The van der Waals surface area contributed by atoms with Crippen LogP contribution in [0, 0.1) is 17.7 Å². The molecule has 2 aromatic rings. The first-order valence-corrected chi connectivity index (χ1v) is 12.9. The molecule has 2 saturated carbocycles. The van der Waals surface area contributed by atoms with Gasteiger partial charge >= 0.3 is 0 Å². The summed E-state index contributed by atoms with van der Waals surface area (Å²) in [6.45, 7) is 0. The van der Waals surface area contributed by atoms with Crippen molar-refractivity contribution in [3.63, 3.8) is 0 Å². The number of thioether (sulfide) groups is 2. The average Bonchev–Trinajstić information content (AvgIpc) is 2.81. The van der Waals surface area contributed by atoms with E-state index in [0.717, 1.165) is 33.2 Å². The minimum absolute atomic E-state index is 0.205. The van der Waals surface area contributed by atoms with Crippen molar-refractivity contribution < 1.29 is 9.13 Å². The number of ether oxygens (including phenoxy) is 1. The predicted octanol–water partition coefficient (Wildman–Crippen LogP) is 8.26. The maximum atomic E-state index is 13.2. The van der Waals surface area contributed by atoms with Gasteiger partial charge in [-0.3, -0.25) is 0 Å². The van der Waals surface area contributed by atoms with Gasteiger partial charge in [-0.25, -0.2) is 9.38 Å². The Labute approximate surface area is 193 Å². The Hall–Kier alpha value is -1.72. The van der Waals surface area contributed by atoms with Crippen LogP contribution in [0.3, 0.4) is 0 Å². The number of hydrogen-bond acceptors (Lipinski definition) is 4. The van der Waals surface area contributed by atoms with Crippen LogP contribution in [0.5, 0.6) is 5.75 Å². The normalized spacial score (nSPS) is 24.2. The first kappa shape index (κ1) is 22.5. The number of methoxy groups -OCH3 is 1. The van der Waals surface area contributed by atoms with E-state index in [2.05, 4.69) is 11.5 Å². The molecular formula is C26H30FNOS2. The van der Waals surface area contributed by atoms with E-state index in [4.69, 9.17) is 9.73 Å². The molecule has 3 unspecified atom stereocenters. The number of rotatable bonds is 6. The molecule has 31 heavy (non-hydrogen) atoms. The van der Waals surface area contributed by atoms with Crippen LogP contribution in [0.25, 0.3) is 0 Å². The molecule has 0 bridgehead atoms. The topological polar surface area (TPSA) is 21.6 Å². The highest BCUT2D eigenvalue weighted by atomic mass is 32.2. The number of hydrogen-bond donors (Lipinski definition) is 0. The van der Waals surface area contributed by atoms with Gasteiger partial charge in [-0.2, -0.15) is 0 Å². The Kier molecular flexibility index (Phi) is 8.15. The van der Waals surface area contributed by atoms with Crippen molar-refractivity contribution in [3.05, 3.63) is 65.8 Å². The molecule has 0 aliphatic heterocycles. The lowest BCUT2D eigenvalue weighted by Gasteiger charge is -2.39. The lowest BCUT2D eigenvalue weighted by molar-refractivity contribution is 0.175. The SMILES string of the molecule is COc1ccc(N=C(C=CSc2ccc(F)cc2)SC2CCC3CCCCC3C2)cc1. The Morgan fingerprint density at radius 3 is 2.45 bits per heavy atom. The number of aliphatic imine (C=N–C) groups is 1. The molecule has 2 aliphatic rings. The van der Waals surface area contributed by atoms with E-state index in [0.29, 0.717) is 5.25 Å². The molecule has 2 aromatic carbocycles. The van der Waals surface area contributed by atoms with E-state index >= 15 is 0 Å². The summed E-state index contributed by atoms with van der Waals surface area (Å²) < 4.78 is 18.4. The molecule has 0 saturated heterocycles. The molecule has 3 atom stereocenters. The lowest BCUT2D eigenvalue weighted by Crippen LogP contribution is -2.29. The number of fused-ring (bicyclic) bond motifs is 1. The van der Waals surface area contributed by atoms with E-state index in [9.17, 15) is 4.39 Å². The highest BCUT2D eigenvalue weighted by Gasteiger charge is 2.32. The number of nitrogens with zero attached hydrogens (tertiary/aromatic N) is 1. The van der Waals surface area contributed by atoms with E-state index in [-0.39, 0.29) is 5.82 Å². The maximum absolute atomic E-state index is 13.2. The predicted molar refractivity (Wildman–Crippen MR) is 132 cm³/mol. The fraction of sp³-hybridized carbons (Fsp3) is 0.423. The molecule has 2 aliphatic carbocycles. The molecule has 164 valence electrons. The van der Waals surface area contributed by atoms with Crippen LogP contribution in [-0.2, 0) is 0 Å². The van der Waals surface area contributed by atoms with Gasteiger partial charge in [0.2, 0.25) is 0 Å². The van der Waals surface area contributed by atoms with Crippen LogP contribution in [-0.4, -0.2) is 17.4 Å². The van der Waals surface area contributed by atoms with E-state index < -0.39 is 0 Å². The quantitative estimate of drug-likeness (QED) is 0.248. The van der Waals surface area contributed by atoms with Crippen molar-refractivity contribution in [3.8, 4) is 5.75 Å². The summed E-state index contributed by atoms with van der Waals surface area (Å²) in [5.74, 6) is 2.49. The minimum atomic E-state index is -0.205. The number of halogens is 1. The third-order valence-corrected chi connectivity index (χ3v) is 8.37. The standard InChI is InChI=1S/C26H30FNOS2/c1-29-23-11-9-22(10-12-23)28-26(16-17-30-24-14-7-21(27)8-15-24)31-25-13-6-19-4-2-3-5-20(19)18-25/h7-12,14-17,19-20,25H,2-6,13,18H2,1H3. The molecule has 4 rings (SSSR count). The summed E-state index contributed by atoms with van der Waals surface area (Å²) in [5, 5.41) is 3.74. The van der Waals surface area contributed by atoms with Crippen LogP contribution in [0.2, 0.25) is 0 Å². The van der Waals surface area contributed by atoms with Gasteiger partial charge in [-0.05, 0) is 91.1 Å². The van der Waals surface area contributed by atoms with Crippen LogP contribution in [0.1, 0.15) is 44.9 Å². The van der Waals surface area contributed by atoms with Crippen molar-refractivity contribution in [2.75, 3.05) is 7.11 Å². The molecule has 0 heterocycles. The van der Waals surface area contributed by atoms with Crippen molar-refractivity contribution in [1.29, 1.82) is 0 Å². The number of benzene rings is 2. The van der Waals surface area contributed by atoms with E-state index in [1.807, 2.05) is 48.2 Å². The molecule has 0 N–H and O–H groups in total. The molecule has 5 heteroatoms. The van der Waals surface area contributed by atoms with E-state index in [1.165, 1.54) is 57.1 Å². The van der Waals surface area contributed by atoms with Crippen molar-refractivity contribution >= 4 is 34.3 Å². The second-order valence-corrected chi connectivity index (χ2v) is 10.7. The fourth-order valence-corrected chi connectivity index (χ4v) is 6.66. The van der Waals surface area contributed by atoms with E-state index in [1.54, 1.807) is 18.9 Å². The highest BCUT2D eigenvalue weighted by molar-refractivity contribution is 8.15. The van der Waals surface area contributed by atoms with Crippen molar-refractivity contribution in [1.82, 2.24) is 0 Å². The van der Waals surface area contributed by atoms with Gasteiger partial charge in [0.1, 0.15) is 11.6 Å². The third-order valence-electron chi connectivity index (χ3n) is 6.32. The van der Waals surface area contributed by atoms with Crippen LogP contribution in [0.15, 0.2) is 69.9 Å². The monoisotopic (exact) mass is 455 g/mol. The Morgan fingerprint density at radius 1 is 0.968 bits per heavy atom. The van der Waals surface area contributed by atoms with Crippen LogP contribution in [0.4, 0.5) is 10.1 Å². The molecule has 0 radical (unpaired) electrons. The molecule has 0 aromatic heterocycles. The zero-order chi connectivity index (χ0) is 21.5. The second-order valence-electron chi connectivity index (χ2n) is 8.38. The van der Waals surface area contributed by atoms with Gasteiger partial charge in [-0.1, -0.05) is 37.4 Å². The third kappa shape index (κ3) is 6.63. The summed E-state index contributed by atoms with van der Waals surface area (Å²) in [6.07, 6.45) is 11.7. The molecule has 0 amide bonds. The minimum Gasteiger partial charge on any atom is -0.497 e. The largest absolute Gasteiger partial charge is 0.497 e. The lowest BCUT2D eigenvalue weighted by atomic mass is 9.71. The van der Waals surface area contributed by atoms with Crippen molar-refractivity contribution in [2.45, 2.75) is 55.1 Å². The molecule has 2 nitrogen and oxygen atoms in total. The maximum Gasteiger partial charge on any atom is 0.123 e. The van der Waals surface area contributed by atoms with Gasteiger partial charge in [0.05, 0.1) is 17.8 Å². The first-order chi connectivity index (χ1) is 15.2. The first-order valence-electron chi connectivity index (χ1n) is 11.2. The summed E-state index contributed by atoms with van der Waals surface area (Å²) >= 11 is 3.52. The average molecular weight is 456 g/mol. The van der Waals surface area contributed by atoms with Crippen LogP contribution >= 0.6 is 23.5 Å². The molecule has 2 fully saturated rings. The fourth-order valence-electron chi connectivity index (χ4n) is 4.68. The van der Waals surface area contributed by atoms with Gasteiger partial charge in [0.25, 0.3) is 0 Å². The zero-order valence-electron chi connectivity index (χ0n) is 18.0. The van der Waals surface area contributed by atoms with Gasteiger partial charge in [0, 0.05) is 10.1 Å². The van der Waals surface area contributed by atoms with Crippen molar-refractivity contribution in [2.24, 2.45) is 16.8 Å². The smallest absolute Gasteiger partial charge is 0.123 e. The zero-order valence-corrected chi connectivity index (χ0v) is 19.6. The van der Waals surface area contributed by atoms with Gasteiger partial charge in [-0.15, -0.1) is 11.8 Å². The highest BCUT2D eigenvalue weighted by Crippen LogP contribution is 2.44.